The summed E-state index contributed by atoms with van der Waals surface area (Å²) in [5, 5.41) is 0. The van der Waals surface area contributed by atoms with Crippen LogP contribution in [0.2, 0.25) is 0 Å². The summed E-state index contributed by atoms with van der Waals surface area (Å²) < 4.78 is 11.4. The molecule has 0 aromatic heterocycles. The Kier molecular flexibility index (Phi) is 20.5. The van der Waals surface area contributed by atoms with Gasteiger partial charge in [-0.2, -0.15) is 0 Å². The molecule has 0 saturated heterocycles. The highest BCUT2D eigenvalue weighted by Gasteiger charge is 2.31. The Labute approximate surface area is 251 Å². The van der Waals surface area contributed by atoms with Gasteiger partial charge in [0.25, 0.3) is 0 Å². The van der Waals surface area contributed by atoms with Gasteiger partial charge in [0.15, 0.2) is 6.29 Å². The lowest BCUT2D eigenvalue weighted by Crippen LogP contribution is -2.31. The van der Waals surface area contributed by atoms with E-state index < -0.39 is 4.75 Å². The molecule has 0 aliphatic heterocycles. The number of aldehydes is 1. The lowest BCUT2D eigenvalue weighted by atomic mass is 10.1. The number of benzene rings is 1. The fraction of sp³-hybridized carbons (Fsp3) is 0.656. The molecule has 0 spiro atoms. The third kappa shape index (κ3) is 17.2. The third-order valence-corrected chi connectivity index (χ3v) is 9.25. The van der Waals surface area contributed by atoms with E-state index in [0.717, 1.165) is 46.8 Å². The Morgan fingerprint density at radius 3 is 2.13 bits per heavy atom. The van der Waals surface area contributed by atoms with E-state index in [0.29, 0.717) is 24.5 Å². The topological polar surface area (TPSA) is 52.6 Å². The van der Waals surface area contributed by atoms with E-state index in [9.17, 15) is 9.59 Å². The van der Waals surface area contributed by atoms with Gasteiger partial charge < -0.3 is 9.47 Å². The summed E-state index contributed by atoms with van der Waals surface area (Å²) in [7, 11) is 0. The molecule has 1 aromatic carbocycles. The standard InChI is InChI=1S/C32H50O4S3/c1-5-7-8-9-10-11-12-13-16-19-24-38-31(37)39-32(3,4)30(34)36-23-18-15-14-17-22-35-29-21-20-27(6-2)25-28(29)26-33/h6,20-21,25-26H,2,5,7-19,22-24H2,1,3-4H3. The van der Waals surface area contributed by atoms with Gasteiger partial charge in [0.2, 0.25) is 0 Å². The number of thioether (sulfide) groups is 2. The molecule has 1 aromatic rings. The maximum Gasteiger partial charge on any atom is 0.322 e. The molecule has 0 radical (unpaired) electrons. The Bertz CT molecular complexity index is 854. The van der Waals surface area contributed by atoms with Crippen LogP contribution in [0.5, 0.6) is 5.75 Å². The van der Waals surface area contributed by atoms with Crippen molar-refractivity contribution in [2.75, 3.05) is 19.0 Å². The molecule has 0 saturated carbocycles. The van der Waals surface area contributed by atoms with Gasteiger partial charge in [-0.3, -0.25) is 9.59 Å². The molecule has 0 unspecified atom stereocenters. The van der Waals surface area contributed by atoms with Crippen LogP contribution in [0.25, 0.3) is 6.08 Å². The largest absolute Gasteiger partial charge is 0.493 e. The predicted molar refractivity (Wildman–Crippen MR) is 175 cm³/mol. The van der Waals surface area contributed by atoms with Crippen LogP contribution in [0.15, 0.2) is 24.8 Å². The van der Waals surface area contributed by atoms with Crippen LogP contribution in [0.4, 0.5) is 0 Å². The van der Waals surface area contributed by atoms with Crippen molar-refractivity contribution in [2.24, 2.45) is 0 Å². The minimum atomic E-state index is -0.673. The molecular formula is C32H50O4S3. The van der Waals surface area contributed by atoms with Gasteiger partial charge in [-0.1, -0.05) is 107 Å². The van der Waals surface area contributed by atoms with E-state index in [4.69, 9.17) is 21.7 Å². The van der Waals surface area contributed by atoms with Crippen LogP contribution in [0.1, 0.15) is 127 Å². The van der Waals surface area contributed by atoms with Gasteiger partial charge in [-0.05, 0) is 69.4 Å². The molecule has 0 bridgehead atoms. The number of thiocarbonyl (C=S) groups is 1. The average Bonchev–Trinajstić information content (AvgIpc) is 2.92. The first-order valence-electron chi connectivity index (χ1n) is 14.7. The van der Waals surface area contributed by atoms with Gasteiger partial charge in [0.1, 0.15) is 14.0 Å². The first kappa shape index (κ1) is 35.7. The highest BCUT2D eigenvalue weighted by molar-refractivity contribution is 8.47. The van der Waals surface area contributed by atoms with Gasteiger partial charge in [0.05, 0.1) is 18.8 Å². The van der Waals surface area contributed by atoms with E-state index in [1.807, 2.05) is 26.0 Å². The van der Waals surface area contributed by atoms with Crippen molar-refractivity contribution in [1.82, 2.24) is 0 Å². The molecule has 0 heterocycles. The average molecular weight is 595 g/mol. The van der Waals surface area contributed by atoms with E-state index in [1.54, 1.807) is 23.9 Å². The van der Waals surface area contributed by atoms with Crippen LogP contribution < -0.4 is 4.74 Å². The summed E-state index contributed by atoms with van der Waals surface area (Å²) in [5.41, 5.74) is 1.43. The van der Waals surface area contributed by atoms with Crippen LogP contribution in [-0.4, -0.2) is 39.5 Å². The summed E-state index contributed by atoms with van der Waals surface area (Å²) in [6.45, 7) is 10.7. The number of hydrogen-bond acceptors (Lipinski definition) is 7. The first-order valence-corrected chi connectivity index (χ1v) is 16.9. The van der Waals surface area contributed by atoms with Gasteiger partial charge in [-0.25, -0.2) is 0 Å². The normalized spacial score (nSPS) is 11.3. The van der Waals surface area contributed by atoms with Crippen molar-refractivity contribution in [3.63, 3.8) is 0 Å². The molecule has 39 heavy (non-hydrogen) atoms. The summed E-state index contributed by atoms with van der Waals surface area (Å²) in [5.74, 6) is 1.42. The monoisotopic (exact) mass is 594 g/mol. The highest BCUT2D eigenvalue weighted by atomic mass is 32.2. The predicted octanol–water partition coefficient (Wildman–Crippen LogP) is 10.1. The van der Waals surface area contributed by atoms with Gasteiger partial charge >= 0.3 is 5.97 Å². The van der Waals surface area contributed by atoms with Gasteiger partial charge in [-0.15, -0.1) is 11.8 Å². The molecule has 0 aliphatic rings. The second kappa shape index (κ2) is 22.4. The Hall–Kier alpha value is -1.31. The summed E-state index contributed by atoms with van der Waals surface area (Å²) in [6.07, 6.45) is 19.4. The molecule has 0 fully saturated rings. The zero-order valence-corrected chi connectivity index (χ0v) is 26.9. The van der Waals surface area contributed by atoms with Crippen LogP contribution in [0, 0.1) is 0 Å². The zero-order valence-electron chi connectivity index (χ0n) is 24.5. The fourth-order valence-electron chi connectivity index (χ4n) is 4.02. The Morgan fingerprint density at radius 2 is 1.51 bits per heavy atom. The maximum atomic E-state index is 12.6. The quantitative estimate of drug-likeness (QED) is 0.0541. The van der Waals surface area contributed by atoms with Crippen LogP contribution >= 0.6 is 35.7 Å². The second-order valence-corrected chi connectivity index (χ2v) is 14.3. The first-order chi connectivity index (χ1) is 18.8. The number of ether oxygens (including phenoxy) is 2. The minimum absolute atomic E-state index is 0.206. The summed E-state index contributed by atoms with van der Waals surface area (Å²) in [6, 6.07) is 5.46. The van der Waals surface area contributed by atoms with Crippen molar-refractivity contribution >= 4 is 57.6 Å². The number of carbonyl (C=O) groups is 2. The number of rotatable bonds is 23. The van der Waals surface area contributed by atoms with Crippen molar-refractivity contribution in [3.05, 3.63) is 35.9 Å². The lowest BCUT2D eigenvalue weighted by Gasteiger charge is -2.22. The van der Waals surface area contributed by atoms with Gasteiger partial charge in [0, 0.05) is 0 Å². The van der Waals surface area contributed by atoms with E-state index in [1.165, 1.54) is 76.0 Å². The highest BCUT2D eigenvalue weighted by Crippen LogP contribution is 2.32. The SMILES string of the molecule is C=Cc1ccc(OCCCCCCOC(=O)C(C)(C)SC(=S)SCCCCCCCCCCCC)c(C=O)c1. The molecule has 7 heteroatoms. The molecule has 0 atom stereocenters. The van der Waals surface area contributed by atoms with Crippen molar-refractivity contribution in [2.45, 2.75) is 115 Å². The van der Waals surface area contributed by atoms with E-state index in [-0.39, 0.29) is 5.97 Å². The zero-order chi connectivity index (χ0) is 28.8. The van der Waals surface area contributed by atoms with Crippen molar-refractivity contribution in [3.8, 4) is 5.75 Å². The Balaban J connectivity index is 2.07. The van der Waals surface area contributed by atoms with Crippen LogP contribution in [0.3, 0.4) is 0 Å². The Morgan fingerprint density at radius 1 is 0.923 bits per heavy atom. The number of esters is 1. The number of unbranched alkanes of at least 4 members (excludes halogenated alkanes) is 12. The second-order valence-electron chi connectivity index (χ2n) is 10.4. The van der Waals surface area contributed by atoms with E-state index >= 15 is 0 Å². The molecule has 0 amide bonds. The van der Waals surface area contributed by atoms with Crippen molar-refractivity contribution in [1.29, 1.82) is 0 Å². The molecule has 0 aliphatic carbocycles. The number of hydrogen-bond donors (Lipinski definition) is 0. The van der Waals surface area contributed by atoms with E-state index in [2.05, 4.69) is 13.5 Å². The fourth-order valence-corrected chi connectivity index (χ4v) is 7.08. The molecule has 220 valence electrons. The lowest BCUT2D eigenvalue weighted by molar-refractivity contribution is -0.145. The van der Waals surface area contributed by atoms with Crippen molar-refractivity contribution < 1.29 is 19.1 Å². The number of carbonyl (C=O) groups excluding carboxylic acids is 2. The molecule has 0 N–H and O–H groups in total. The molecule has 1 rings (SSSR count). The molecular weight excluding hydrogens is 545 g/mol. The maximum absolute atomic E-state index is 12.6. The summed E-state index contributed by atoms with van der Waals surface area (Å²) in [4.78, 5) is 23.8. The summed E-state index contributed by atoms with van der Waals surface area (Å²) >= 11 is 8.67. The minimum Gasteiger partial charge on any atom is -0.493 e. The van der Waals surface area contributed by atoms with Crippen LogP contribution in [-0.2, 0) is 9.53 Å². The third-order valence-electron chi connectivity index (χ3n) is 6.47. The smallest absolute Gasteiger partial charge is 0.322 e. The molecule has 4 nitrogen and oxygen atoms in total.